The molecule has 2 atom stereocenters. The molecule has 10 heteroatoms. The Bertz CT molecular complexity index is 1180. The molecule has 0 saturated carbocycles. The monoisotopic (exact) mass is 495 g/mol. The number of ether oxygens (including phenoxy) is 1. The molecule has 0 bridgehead atoms. The fourth-order valence-corrected chi connectivity index (χ4v) is 5.09. The number of rotatable bonds is 10. The van der Waals surface area contributed by atoms with E-state index in [1.54, 1.807) is 0 Å². The van der Waals surface area contributed by atoms with Crippen LogP contribution < -0.4 is 10.1 Å². The van der Waals surface area contributed by atoms with E-state index >= 15 is 0 Å². The Balaban J connectivity index is 1.84. The summed E-state index contributed by atoms with van der Waals surface area (Å²) in [4.78, 5) is 10.8. The van der Waals surface area contributed by atoms with Crippen molar-refractivity contribution in [2.45, 2.75) is 29.3 Å². The number of hydrogen-bond donors (Lipinski definition) is 2. The molecule has 0 amide bonds. The van der Waals surface area contributed by atoms with Gasteiger partial charge in [0.05, 0.1) is 17.2 Å². The predicted octanol–water partition coefficient (Wildman–Crippen LogP) is 4.23. The van der Waals surface area contributed by atoms with Gasteiger partial charge in [-0.2, -0.15) is 13.2 Å². The molecular formula is C24H24F3NO5S. The van der Waals surface area contributed by atoms with E-state index in [0.29, 0.717) is 13.0 Å². The Morgan fingerprint density at radius 3 is 2.53 bits per heavy atom. The highest BCUT2D eigenvalue weighted by molar-refractivity contribution is 7.92. The molecule has 0 fully saturated rings. The third-order valence-electron chi connectivity index (χ3n) is 5.42. The van der Waals surface area contributed by atoms with Crippen LogP contribution in [0, 0.1) is 5.92 Å². The van der Waals surface area contributed by atoms with Crippen molar-refractivity contribution in [2.24, 2.45) is 5.92 Å². The van der Waals surface area contributed by atoms with Crippen LogP contribution in [0.15, 0.2) is 71.7 Å². The predicted molar refractivity (Wildman–Crippen MR) is 121 cm³/mol. The van der Waals surface area contributed by atoms with Gasteiger partial charge < -0.3 is 9.84 Å². The molecule has 2 aromatic carbocycles. The first-order valence-corrected chi connectivity index (χ1v) is 12.0. The Labute approximate surface area is 195 Å². The second-order valence-corrected chi connectivity index (χ2v) is 9.86. The largest absolute Gasteiger partial charge is 0.489 e. The maximum Gasteiger partial charge on any atom is 0.396 e. The van der Waals surface area contributed by atoms with E-state index in [9.17, 15) is 26.4 Å². The summed E-state index contributed by atoms with van der Waals surface area (Å²) in [5, 5.41) is 10.7. The standard InChI is InChI=1S/C24H24F3NO5S/c1-2-22(28-11-10-16-6-4-3-5-7-16)34(31,32)19-8-9-21-17(13-19)12-18(15-33-21)20(14-23(29)30)24(25,26)27/h2-9,12-13,20,22,28H,1,10-11,14-15H2,(H,29,30). The van der Waals surface area contributed by atoms with Crippen molar-refractivity contribution < 1.29 is 36.2 Å². The van der Waals surface area contributed by atoms with Crippen LogP contribution in [0.3, 0.4) is 0 Å². The van der Waals surface area contributed by atoms with Gasteiger partial charge in [-0.05, 0) is 41.8 Å². The van der Waals surface area contributed by atoms with Gasteiger partial charge in [0.1, 0.15) is 17.7 Å². The quantitative estimate of drug-likeness (QED) is 0.479. The number of alkyl halides is 3. The summed E-state index contributed by atoms with van der Waals surface area (Å²) in [5.74, 6) is -3.62. The normalized spacial score (nSPS) is 15.4. The van der Waals surface area contributed by atoms with Crippen molar-refractivity contribution in [1.29, 1.82) is 0 Å². The van der Waals surface area contributed by atoms with Crippen molar-refractivity contribution in [3.63, 3.8) is 0 Å². The van der Waals surface area contributed by atoms with Gasteiger partial charge in [-0.15, -0.1) is 6.58 Å². The van der Waals surface area contributed by atoms with E-state index in [2.05, 4.69) is 11.9 Å². The Morgan fingerprint density at radius 1 is 1.21 bits per heavy atom. The first kappa shape index (κ1) is 25.5. The van der Waals surface area contributed by atoms with Crippen molar-refractivity contribution in [2.75, 3.05) is 13.2 Å². The van der Waals surface area contributed by atoms with Crippen LogP contribution in [0.2, 0.25) is 0 Å². The highest BCUT2D eigenvalue weighted by Crippen LogP contribution is 2.39. The molecule has 2 N–H and O–H groups in total. The van der Waals surface area contributed by atoms with Crippen molar-refractivity contribution in [3.8, 4) is 5.75 Å². The molecular weight excluding hydrogens is 471 g/mol. The van der Waals surface area contributed by atoms with E-state index < -0.39 is 46.3 Å². The number of carboxylic acids is 1. The van der Waals surface area contributed by atoms with Crippen LogP contribution in [-0.2, 0) is 21.1 Å². The fraction of sp³-hybridized carbons (Fsp3) is 0.292. The summed E-state index contributed by atoms with van der Waals surface area (Å²) in [6.45, 7) is 3.52. The summed E-state index contributed by atoms with van der Waals surface area (Å²) in [5.41, 5.74) is 0.881. The first-order valence-electron chi connectivity index (χ1n) is 10.4. The molecule has 1 heterocycles. The minimum Gasteiger partial charge on any atom is -0.489 e. The van der Waals surface area contributed by atoms with Crippen LogP contribution in [0.5, 0.6) is 5.75 Å². The Kier molecular flexibility index (Phi) is 7.83. The van der Waals surface area contributed by atoms with Crippen molar-refractivity contribution in [3.05, 3.63) is 77.9 Å². The molecule has 0 spiro atoms. The highest BCUT2D eigenvalue weighted by atomic mass is 32.2. The summed E-state index contributed by atoms with van der Waals surface area (Å²) < 4.78 is 72.0. The van der Waals surface area contributed by atoms with Crippen LogP contribution in [-0.4, -0.2) is 44.2 Å². The summed E-state index contributed by atoms with van der Waals surface area (Å²) in [6.07, 6.45) is -2.93. The van der Waals surface area contributed by atoms with Crippen molar-refractivity contribution >= 4 is 21.9 Å². The zero-order valence-electron chi connectivity index (χ0n) is 18.1. The fourth-order valence-electron chi connectivity index (χ4n) is 3.65. The first-order chi connectivity index (χ1) is 16.0. The van der Waals surface area contributed by atoms with Gasteiger partial charge in [0.2, 0.25) is 0 Å². The Hall–Kier alpha value is -3.11. The molecule has 1 aliphatic heterocycles. The van der Waals surface area contributed by atoms with Gasteiger partial charge >= 0.3 is 12.1 Å². The zero-order valence-corrected chi connectivity index (χ0v) is 18.9. The molecule has 0 radical (unpaired) electrons. The number of hydrogen-bond acceptors (Lipinski definition) is 5. The number of fused-ring (bicyclic) bond motifs is 1. The lowest BCUT2D eigenvalue weighted by atomic mass is 9.92. The van der Waals surface area contributed by atoms with E-state index in [-0.39, 0.29) is 21.8 Å². The number of carbonyl (C=O) groups is 1. The lowest BCUT2D eigenvalue weighted by Crippen LogP contribution is -2.36. The van der Waals surface area contributed by atoms with Crippen LogP contribution in [0.4, 0.5) is 13.2 Å². The summed E-state index contributed by atoms with van der Waals surface area (Å²) in [7, 11) is -3.95. The SMILES string of the molecule is C=CC(NCCc1ccccc1)S(=O)(=O)c1ccc2c(c1)C=C(C(CC(=O)O)C(F)(F)F)CO2. The molecule has 0 aliphatic carbocycles. The zero-order chi connectivity index (χ0) is 24.9. The molecule has 2 aromatic rings. The number of benzene rings is 2. The van der Waals surface area contributed by atoms with Crippen LogP contribution >= 0.6 is 0 Å². The third kappa shape index (κ3) is 6.06. The van der Waals surface area contributed by atoms with Gasteiger partial charge in [0, 0.05) is 12.1 Å². The smallest absolute Gasteiger partial charge is 0.396 e. The van der Waals surface area contributed by atoms with E-state index in [4.69, 9.17) is 9.84 Å². The van der Waals surface area contributed by atoms with Gasteiger partial charge in [0.25, 0.3) is 0 Å². The number of sulfone groups is 1. The highest BCUT2D eigenvalue weighted by Gasteiger charge is 2.44. The maximum atomic E-state index is 13.4. The van der Waals surface area contributed by atoms with E-state index in [1.807, 2.05) is 30.3 Å². The minimum absolute atomic E-state index is 0.119. The minimum atomic E-state index is -4.79. The van der Waals surface area contributed by atoms with Gasteiger partial charge in [-0.25, -0.2) is 8.42 Å². The molecule has 182 valence electrons. The summed E-state index contributed by atoms with van der Waals surface area (Å²) in [6, 6.07) is 13.4. The van der Waals surface area contributed by atoms with Gasteiger partial charge in [-0.3, -0.25) is 10.1 Å². The second-order valence-electron chi connectivity index (χ2n) is 7.79. The molecule has 0 aromatic heterocycles. The lowest BCUT2D eigenvalue weighted by molar-refractivity contribution is -0.174. The van der Waals surface area contributed by atoms with E-state index in [1.165, 1.54) is 24.3 Å². The molecule has 34 heavy (non-hydrogen) atoms. The number of carboxylic acid groups (broad SMARTS) is 1. The molecule has 1 aliphatic rings. The van der Waals surface area contributed by atoms with Gasteiger partial charge in [-0.1, -0.05) is 36.4 Å². The van der Waals surface area contributed by atoms with Crippen LogP contribution in [0.25, 0.3) is 6.08 Å². The number of aliphatic carboxylic acids is 1. The number of nitrogens with one attached hydrogen (secondary N) is 1. The maximum absolute atomic E-state index is 13.4. The van der Waals surface area contributed by atoms with Gasteiger partial charge in [0.15, 0.2) is 9.84 Å². The topological polar surface area (TPSA) is 92.7 Å². The molecule has 6 nitrogen and oxygen atoms in total. The third-order valence-corrected chi connectivity index (χ3v) is 7.36. The lowest BCUT2D eigenvalue weighted by Gasteiger charge is -2.26. The number of halogens is 3. The van der Waals surface area contributed by atoms with E-state index in [0.717, 1.165) is 11.6 Å². The Morgan fingerprint density at radius 2 is 1.91 bits per heavy atom. The molecule has 2 unspecified atom stereocenters. The second kappa shape index (κ2) is 10.4. The van der Waals surface area contributed by atoms with Crippen LogP contribution in [0.1, 0.15) is 17.5 Å². The molecule has 0 saturated heterocycles. The average Bonchev–Trinajstić information content (AvgIpc) is 2.79. The summed E-state index contributed by atoms with van der Waals surface area (Å²) >= 11 is 0. The van der Waals surface area contributed by atoms with Crippen molar-refractivity contribution in [1.82, 2.24) is 5.32 Å². The molecule has 3 rings (SSSR count). The average molecular weight is 496 g/mol.